The van der Waals surface area contributed by atoms with Crippen molar-refractivity contribution in [3.63, 3.8) is 0 Å². The number of aromatic nitrogens is 1. The van der Waals surface area contributed by atoms with Crippen molar-refractivity contribution in [2.45, 2.75) is 26.7 Å². The predicted molar refractivity (Wildman–Crippen MR) is 147 cm³/mol. The summed E-state index contributed by atoms with van der Waals surface area (Å²) in [5.74, 6) is 1.64. The molecule has 9 nitrogen and oxygen atoms in total. The first-order valence-electron chi connectivity index (χ1n) is 12.7. The number of nitrogens with one attached hydrogen (secondary N) is 1. The van der Waals surface area contributed by atoms with Crippen molar-refractivity contribution in [2.75, 3.05) is 44.1 Å². The summed E-state index contributed by atoms with van der Waals surface area (Å²) >= 11 is 0. The number of hydrogen-bond donors (Lipinski definition) is 2. The molecule has 2 heterocycles. The van der Waals surface area contributed by atoms with Crippen LogP contribution in [0.1, 0.15) is 47.4 Å². The third kappa shape index (κ3) is 7.61. The fourth-order valence-electron chi connectivity index (χ4n) is 4.05. The molecule has 0 radical (unpaired) electrons. The number of carbonyl (C=O) groups excluding carboxylic acids is 1. The number of rotatable bonds is 9. The van der Waals surface area contributed by atoms with Crippen molar-refractivity contribution in [3.8, 4) is 17.2 Å². The molecule has 1 saturated heterocycles. The van der Waals surface area contributed by atoms with Crippen molar-refractivity contribution >= 4 is 23.4 Å². The van der Waals surface area contributed by atoms with Crippen LogP contribution in [0.2, 0.25) is 0 Å². The van der Waals surface area contributed by atoms with E-state index < -0.39 is 5.97 Å². The Hall–Kier alpha value is -4.27. The molecule has 0 atom stereocenters. The Morgan fingerprint density at radius 1 is 0.947 bits per heavy atom. The lowest BCUT2D eigenvalue weighted by atomic mass is 9.98. The van der Waals surface area contributed by atoms with Gasteiger partial charge >= 0.3 is 5.97 Å². The summed E-state index contributed by atoms with van der Waals surface area (Å²) in [6.45, 7) is 6.22. The minimum atomic E-state index is -0.965. The van der Waals surface area contributed by atoms with Crippen LogP contribution in [-0.4, -0.2) is 55.9 Å². The zero-order valence-electron chi connectivity index (χ0n) is 22.3. The third-order valence-corrected chi connectivity index (χ3v) is 6.12. The molecule has 1 aromatic heterocycles. The first-order chi connectivity index (χ1) is 18.4. The van der Waals surface area contributed by atoms with Crippen molar-refractivity contribution in [3.05, 3.63) is 71.9 Å². The molecule has 3 aromatic rings. The van der Waals surface area contributed by atoms with Crippen molar-refractivity contribution in [1.82, 2.24) is 4.98 Å². The molecule has 1 fully saturated rings. The molecule has 0 spiro atoms. The van der Waals surface area contributed by atoms with Gasteiger partial charge in [0.1, 0.15) is 23.1 Å². The number of aromatic carboxylic acids is 1. The van der Waals surface area contributed by atoms with Crippen LogP contribution in [0.25, 0.3) is 0 Å². The number of benzene rings is 2. The normalized spacial score (nSPS) is 13.1. The Bertz CT molecular complexity index is 1180. The van der Waals surface area contributed by atoms with Crippen LogP contribution in [0, 0.1) is 5.92 Å². The molecule has 0 bridgehead atoms. The van der Waals surface area contributed by atoms with Crippen LogP contribution < -0.4 is 24.4 Å². The predicted octanol–water partition coefficient (Wildman–Crippen LogP) is 5.37. The van der Waals surface area contributed by atoms with E-state index in [-0.39, 0.29) is 11.5 Å². The van der Waals surface area contributed by atoms with Crippen molar-refractivity contribution in [1.29, 1.82) is 0 Å². The van der Waals surface area contributed by atoms with E-state index in [9.17, 15) is 9.59 Å². The number of carboxylic acids is 1. The van der Waals surface area contributed by atoms with Gasteiger partial charge in [-0.2, -0.15) is 0 Å². The number of amides is 1. The number of methoxy groups -OCH3 is 2. The van der Waals surface area contributed by atoms with Crippen molar-refractivity contribution < 1.29 is 28.9 Å². The Labute approximate surface area is 223 Å². The van der Waals surface area contributed by atoms with Gasteiger partial charge in [-0.05, 0) is 61.2 Å². The minimum absolute atomic E-state index is 0.219. The lowest BCUT2D eigenvalue weighted by molar-refractivity contribution is 0.0696. The smallest absolute Gasteiger partial charge is 0.335 e. The van der Waals surface area contributed by atoms with Gasteiger partial charge in [0, 0.05) is 24.7 Å². The van der Waals surface area contributed by atoms with E-state index in [0.29, 0.717) is 41.0 Å². The molecule has 202 valence electrons. The molecule has 4 rings (SSSR count). The molecular formula is C29H35N3O6. The summed E-state index contributed by atoms with van der Waals surface area (Å²) in [6.07, 6.45) is 3.53. The zero-order valence-corrected chi connectivity index (χ0v) is 22.3. The summed E-state index contributed by atoms with van der Waals surface area (Å²) in [4.78, 5) is 30.6. The van der Waals surface area contributed by atoms with Gasteiger partial charge in [-0.25, -0.2) is 9.78 Å². The largest absolute Gasteiger partial charge is 0.497 e. The standard InChI is InChI=1S/C27H29N3O6.C2H6/c1-34-23-13-20(14-24(15-23)35-2)26(31)29-21-6-7-25(28-16-21)30-10-8-18(9-11-30)17-36-22-5-3-4-19(12-22)27(32)33;1-2/h3-7,12-16,18H,8-11,17H2,1-2H3,(H,29,31)(H,32,33);1-2H3. The molecule has 0 aliphatic carbocycles. The third-order valence-electron chi connectivity index (χ3n) is 6.12. The second-order valence-electron chi connectivity index (χ2n) is 8.53. The highest BCUT2D eigenvalue weighted by Gasteiger charge is 2.21. The SMILES string of the molecule is CC.COc1cc(OC)cc(C(=O)Nc2ccc(N3CCC(COc4cccc(C(=O)O)c4)CC3)nc2)c1. The van der Waals surface area contributed by atoms with E-state index in [2.05, 4.69) is 15.2 Å². The maximum Gasteiger partial charge on any atom is 0.335 e. The molecule has 1 amide bonds. The monoisotopic (exact) mass is 521 g/mol. The van der Waals surface area contributed by atoms with Gasteiger partial charge in [0.25, 0.3) is 5.91 Å². The van der Waals surface area contributed by atoms with Gasteiger partial charge in [0.15, 0.2) is 0 Å². The molecule has 2 N–H and O–H groups in total. The lowest BCUT2D eigenvalue weighted by Gasteiger charge is -2.32. The summed E-state index contributed by atoms with van der Waals surface area (Å²) in [5, 5.41) is 12.0. The van der Waals surface area contributed by atoms with Gasteiger partial charge in [-0.3, -0.25) is 4.79 Å². The lowest BCUT2D eigenvalue weighted by Crippen LogP contribution is -2.36. The average molecular weight is 522 g/mol. The average Bonchev–Trinajstić information content (AvgIpc) is 2.97. The number of anilines is 2. The number of hydrogen-bond acceptors (Lipinski definition) is 7. The fraction of sp³-hybridized carbons (Fsp3) is 0.345. The minimum Gasteiger partial charge on any atom is -0.497 e. The summed E-state index contributed by atoms with van der Waals surface area (Å²) in [7, 11) is 3.07. The molecule has 1 aliphatic heterocycles. The Morgan fingerprint density at radius 3 is 2.18 bits per heavy atom. The van der Waals surface area contributed by atoms with Crippen LogP contribution in [0.15, 0.2) is 60.8 Å². The van der Waals surface area contributed by atoms with Gasteiger partial charge in [-0.15, -0.1) is 0 Å². The van der Waals surface area contributed by atoms with Gasteiger partial charge in [0.05, 0.1) is 38.3 Å². The second kappa shape index (κ2) is 13.9. The number of piperidine rings is 1. The van der Waals surface area contributed by atoms with Crippen LogP contribution in [0.4, 0.5) is 11.5 Å². The molecule has 0 unspecified atom stereocenters. The van der Waals surface area contributed by atoms with Crippen LogP contribution in [0.5, 0.6) is 17.2 Å². The molecule has 38 heavy (non-hydrogen) atoms. The topological polar surface area (TPSA) is 110 Å². The zero-order chi connectivity index (χ0) is 27.5. The van der Waals surface area contributed by atoms with Crippen LogP contribution in [0.3, 0.4) is 0 Å². The first kappa shape index (κ1) is 28.3. The van der Waals surface area contributed by atoms with Gasteiger partial charge < -0.3 is 29.5 Å². The van der Waals surface area contributed by atoms with E-state index in [1.165, 1.54) is 14.2 Å². The van der Waals surface area contributed by atoms with E-state index in [0.717, 1.165) is 31.7 Å². The molecule has 9 heteroatoms. The summed E-state index contributed by atoms with van der Waals surface area (Å²) < 4.78 is 16.3. The van der Waals surface area contributed by atoms with E-state index in [1.54, 1.807) is 48.7 Å². The second-order valence-corrected chi connectivity index (χ2v) is 8.53. The van der Waals surface area contributed by atoms with Crippen molar-refractivity contribution in [2.24, 2.45) is 5.92 Å². The van der Waals surface area contributed by atoms with E-state index in [4.69, 9.17) is 19.3 Å². The number of nitrogens with zero attached hydrogens (tertiary/aromatic N) is 2. The van der Waals surface area contributed by atoms with Crippen LogP contribution in [-0.2, 0) is 0 Å². The number of carboxylic acid groups (broad SMARTS) is 1. The maximum atomic E-state index is 12.7. The Morgan fingerprint density at radius 2 is 1.61 bits per heavy atom. The molecular weight excluding hydrogens is 486 g/mol. The number of ether oxygens (including phenoxy) is 3. The van der Waals surface area contributed by atoms with Crippen LogP contribution >= 0.6 is 0 Å². The number of carbonyl (C=O) groups is 2. The Balaban J connectivity index is 0.00000195. The molecule has 2 aromatic carbocycles. The highest BCUT2D eigenvalue weighted by Crippen LogP contribution is 2.26. The van der Waals surface area contributed by atoms with E-state index in [1.807, 2.05) is 26.0 Å². The summed E-state index contributed by atoms with van der Waals surface area (Å²) in [5.41, 5.74) is 1.24. The highest BCUT2D eigenvalue weighted by atomic mass is 16.5. The molecule has 1 aliphatic rings. The van der Waals surface area contributed by atoms with Gasteiger partial charge in [0.2, 0.25) is 0 Å². The molecule has 0 saturated carbocycles. The van der Waals surface area contributed by atoms with E-state index >= 15 is 0 Å². The quantitative estimate of drug-likeness (QED) is 0.387. The number of pyridine rings is 1. The highest BCUT2D eigenvalue weighted by molar-refractivity contribution is 6.04. The first-order valence-corrected chi connectivity index (χ1v) is 12.7. The fourth-order valence-corrected chi connectivity index (χ4v) is 4.05. The maximum absolute atomic E-state index is 12.7. The summed E-state index contributed by atoms with van der Waals surface area (Å²) in [6, 6.07) is 15.3. The Kier molecular flexibility index (Phi) is 10.3. The van der Waals surface area contributed by atoms with Gasteiger partial charge in [-0.1, -0.05) is 19.9 Å².